The first-order chi connectivity index (χ1) is 7.51. The number of benzene rings is 1. The Morgan fingerprint density at radius 2 is 2.12 bits per heavy atom. The average Bonchev–Trinajstić information content (AvgIpc) is 2.26. The minimum Gasteiger partial charge on any atom is -0.398 e. The van der Waals surface area contributed by atoms with E-state index >= 15 is 0 Å². The molecule has 1 aromatic carbocycles. The van der Waals surface area contributed by atoms with Gasteiger partial charge in [-0.05, 0) is 25.2 Å². The summed E-state index contributed by atoms with van der Waals surface area (Å²) in [6.07, 6.45) is 0. The van der Waals surface area contributed by atoms with Crippen LogP contribution >= 0.6 is 0 Å². The van der Waals surface area contributed by atoms with Crippen LogP contribution in [0.2, 0.25) is 0 Å². The van der Waals surface area contributed by atoms with E-state index in [1.54, 1.807) is 6.07 Å². The fourth-order valence-corrected chi connectivity index (χ4v) is 2.05. The topological polar surface area (TPSA) is 104 Å². The SMILES string of the molecule is CNS(=O)(=O)c1ccc(NCCO)cc1N. The van der Waals surface area contributed by atoms with Crippen LogP contribution in [-0.2, 0) is 10.0 Å². The lowest BCUT2D eigenvalue weighted by molar-refractivity contribution is 0.311. The third kappa shape index (κ3) is 2.84. The van der Waals surface area contributed by atoms with E-state index in [1.165, 1.54) is 19.2 Å². The van der Waals surface area contributed by atoms with Crippen molar-refractivity contribution in [3.05, 3.63) is 18.2 Å². The molecular weight excluding hydrogens is 230 g/mol. The van der Waals surface area contributed by atoms with E-state index in [1.807, 2.05) is 0 Å². The van der Waals surface area contributed by atoms with Gasteiger partial charge in [0.25, 0.3) is 0 Å². The molecule has 0 bridgehead atoms. The summed E-state index contributed by atoms with van der Waals surface area (Å²) in [6.45, 7) is 0.383. The highest BCUT2D eigenvalue weighted by atomic mass is 32.2. The van der Waals surface area contributed by atoms with Gasteiger partial charge in [-0.25, -0.2) is 13.1 Å². The van der Waals surface area contributed by atoms with Gasteiger partial charge in [-0.2, -0.15) is 0 Å². The highest BCUT2D eigenvalue weighted by molar-refractivity contribution is 7.89. The predicted octanol–water partition coefficient (Wildman–Crippen LogP) is -0.419. The lowest BCUT2D eigenvalue weighted by Gasteiger charge is -2.09. The molecule has 7 heteroatoms. The molecule has 5 N–H and O–H groups in total. The van der Waals surface area contributed by atoms with Crippen molar-refractivity contribution in [3.63, 3.8) is 0 Å². The Kier molecular flexibility index (Phi) is 4.11. The number of aliphatic hydroxyl groups excluding tert-OH is 1. The van der Waals surface area contributed by atoms with E-state index in [2.05, 4.69) is 10.0 Å². The van der Waals surface area contributed by atoms with Crippen molar-refractivity contribution in [1.29, 1.82) is 0 Å². The van der Waals surface area contributed by atoms with Crippen LogP contribution in [0.5, 0.6) is 0 Å². The molecule has 0 aliphatic carbocycles. The number of hydrogen-bond donors (Lipinski definition) is 4. The molecule has 0 aliphatic rings. The number of sulfonamides is 1. The molecule has 0 atom stereocenters. The Labute approximate surface area is 94.5 Å². The van der Waals surface area contributed by atoms with Gasteiger partial charge in [0.05, 0.1) is 12.3 Å². The highest BCUT2D eigenvalue weighted by Crippen LogP contribution is 2.21. The summed E-state index contributed by atoms with van der Waals surface area (Å²) in [5.41, 5.74) is 6.47. The number of nitrogens with one attached hydrogen (secondary N) is 2. The highest BCUT2D eigenvalue weighted by Gasteiger charge is 2.14. The molecule has 0 saturated heterocycles. The first kappa shape index (κ1) is 12.8. The second kappa shape index (κ2) is 5.15. The van der Waals surface area contributed by atoms with Gasteiger partial charge in [0.2, 0.25) is 10.0 Å². The summed E-state index contributed by atoms with van der Waals surface area (Å²) >= 11 is 0. The number of aliphatic hydroxyl groups is 1. The fourth-order valence-electron chi connectivity index (χ4n) is 1.21. The number of hydrogen-bond acceptors (Lipinski definition) is 5. The van der Waals surface area contributed by atoms with Gasteiger partial charge in [0.15, 0.2) is 0 Å². The van der Waals surface area contributed by atoms with Gasteiger partial charge in [0, 0.05) is 12.2 Å². The molecule has 0 aromatic heterocycles. The smallest absolute Gasteiger partial charge is 0.242 e. The molecule has 16 heavy (non-hydrogen) atoms. The Bertz CT molecular complexity index is 459. The lowest BCUT2D eigenvalue weighted by Crippen LogP contribution is -2.20. The maximum atomic E-state index is 11.5. The van der Waals surface area contributed by atoms with Crippen molar-refractivity contribution in [2.24, 2.45) is 0 Å². The predicted molar refractivity (Wildman–Crippen MR) is 62.7 cm³/mol. The van der Waals surface area contributed by atoms with Crippen molar-refractivity contribution in [1.82, 2.24) is 4.72 Å². The summed E-state index contributed by atoms with van der Waals surface area (Å²) < 4.78 is 25.2. The van der Waals surface area contributed by atoms with Gasteiger partial charge < -0.3 is 16.2 Å². The van der Waals surface area contributed by atoms with Gasteiger partial charge in [-0.3, -0.25) is 0 Å². The summed E-state index contributed by atoms with van der Waals surface area (Å²) in [4.78, 5) is 0.0459. The van der Waals surface area contributed by atoms with E-state index in [4.69, 9.17) is 10.8 Å². The quantitative estimate of drug-likeness (QED) is 0.527. The number of nitrogen functional groups attached to an aromatic ring is 1. The maximum absolute atomic E-state index is 11.5. The zero-order chi connectivity index (χ0) is 12.2. The molecule has 0 radical (unpaired) electrons. The van der Waals surface area contributed by atoms with Gasteiger partial charge in [-0.1, -0.05) is 0 Å². The molecule has 1 rings (SSSR count). The third-order valence-corrected chi connectivity index (χ3v) is 3.50. The molecule has 1 aromatic rings. The van der Waals surface area contributed by atoms with Crippen molar-refractivity contribution in [3.8, 4) is 0 Å². The van der Waals surface area contributed by atoms with Crippen LogP contribution < -0.4 is 15.8 Å². The lowest BCUT2D eigenvalue weighted by atomic mass is 10.3. The molecule has 6 nitrogen and oxygen atoms in total. The Balaban J connectivity index is 3.01. The van der Waals surface area contributed by atoms with E-state index in [9.17, 15) is 8.42 Å². The summed E-state index contributed by atoms with van der Waals surface area (Å²) in [5.74, 6) is 0. The van der Waals surface area contributed by atoms with Crippen molar-refractivity contribution in [2.45, 2.75) is 4.90 Å². The minimum atomic E-state index is -3.52. The van der Waals surface area contributed by atoms with Crippen molar-refractivity contribution < 1.29 is 13.5 Å². The summed E-state index contributed by atoms with van der Waals surface area (Å²) in [5, 5.41) is 11.5. The largest absolute Gasteiger partial charge is 0.398 e. The molecule has 0 unspecified atom stereocenters. The van der Waals surface area contributed by atoms with Gasteiger partial charge >= 0.3 is 0 Å². The first-order valence-electron chi connectivity index (χ1n) is 4.69. The van der Waals surface area contributed by atoms with Crippen LogP contribution in [-0.4, -0.2) is 33.7 Å². The summed E-state index contributed by atoms with van der Waals surface area (Å²) in [6, 6.07) is 4.52. The van der Waals surface area contributed by atoms with Crippen molar-refractivity contribution in [2.75, 3.05) is 31.2 Å². The standard InChI is InChI=1S/C9H15N3O3S/c1-11-16(14,15)9-3-2-7(6-8(9)10)12-4-5-13/h2-3,6,11-13H,4-5,10H2,1H3. The van der Waals surface area contributed by atoms with Gasteiger partial charge in [0.1, 0.15) is 4.90 Å². The maximum Gasteiger partial charge on any atom is 0.242 e. The zero-order valence-corrected chi connectivity index (χ0v) is 9.71. The van der Waals surface area contributed by atoms with E-state index in [0.717, 1.165) is 0 Å². The Hall–Kier alpha value is -1.31. The number of nitrogens with two attached hydrogens (primary N) is 1. The molecule has 0 heterocycles. The second-order valence-electron chi connectivity index (χ2n) is 3.11. The zero-order valence-electron chi connectivity index (χ0n) is 8.90. The molecule has 0 amide bonds. The third-order valence-electron chi connectivity index (χ3n) is 2.01. The summed E-state index contributed by atoms with van der Waals surface area (Å²) in [7, 11) is -2.19. The Morgan fingerprint density at radius 3 is 2.62 bits per heavy atom. The van der Waals surface area contributed by atoms with Crippen LogP contribution in [0.15, 0.2) is 23.1 Å². The minimum absolute atomic E-state index is 0.00350. The number of anilines is 2. The fraction of sp³-hybridized carbons (Fsp3) is 0.333. The molecular formula is C9H15N3O3S. The van der Waals surface area contributed by atoms with E-state index < -0.39 is 10.0 Å². The van der Waals surface area contributed by atoms with Gasteiger partial charge in [-0.15, -0.1) is 0 Å². The molecule has 0 aliphatic heterocycles. The number of rotatable bonds is 5. The van der Waals surface area contributed by atoms with Crippen LogP contribution in [0.3, 0.4) is 0 Å². The normalized spacial score (nSPS) is 11.4. The molecule has 0 spiro atoms. The second-order valence-corrected chi connectivity index (χ2v) is 4.97. The molecule has 0 fully saturated rings. The van der Waals surface area contributed by atoms with Crippen molar-refractivity contribution >= 4 is 21.4 Å². The van der Waals surface area contributed by atoms with Crippen LogP contribution in [0.1, 0.15) is 0 Å². The monoisotopic (exact) mass is 245 g/mol. The van der Waals surface area contributed by atoms with Crippen LogP contribution in [0, 0.1) is 0 Å². The van der Waals surface area contributed by atoms with Crippen LogP contribution in [0.4, 0.5) is 11.4 Å². The molecule has 90 valence electrons. The Morgan fingerprint density at radius 1 is 1.44 bits per heavy atom. The van der Waals surface area contributed by atoms with Crippen LogP contribution in [0.25, 0.3) is 0 Å². The van der Waals surface area contributed by atoms with E-state index in [0.29, 0.717) is 12.2 Å². The van der Waals surface area contributed by atoms with E-state index in [-0.39, 0.29) is 17.2 Å². The average molecular weight is 245 g/mol. The first-order valence-corrected chi connectivity index (χ1v) is 6.17. The molecule has 0 saturated carbocycles.